The van der Waals surface area contributed by atoms with E-state index in [0.717, 1.165) is 11.3 Å². The van der Waals surface area contributed by atoms with E-state index in [1.54, 1.807) is 24.8 Å². The molecule has 2 aromatic heterocycles. The zero-order chi connectivity index (χ0) is 9.26. The summed E-state index contributed by atoms with van der Waals surface area (Å²) in [5.74, 6) is 0. The Labute approximate surface area is 83.4 Å². The summed E-state index contributed by atoms with van der Waals surface area (Å²) in [6.07, 6.45) is 6.23. The van der Waals surface area contributed by atoms with E-state index in [4.69, 9.17) is 0 Å². The van der Waals surface area contributed by atoms with Gasteiger partial charge in [-0.1, -0.05) is 15.9 Å². The lowest BCUT2D eigenvalue weighted by Crippen LogP contribution is -2.02. The highest BCUT2D eigenvalue weighted by molar-refractivity contribution is 9.09. The molecule has 0 aliphatic rings. The summed E-state index contributed by atoms with van der Waals surface area (Å²) in [6, 6.07) is 0. The van der Waals surface area contributed by atoms with Crippen LogP contribution in [0.5, 0.6) is 0 Å². The van der Waals surface area contributed by atoms with E-state index < -0.39 is 6.10 Å². The van der Waals surface area contributed by atoms with E-state index in [9.17, 15) is 5.11 Å². The van der Waals surface area contributed by atoms with Gasteiger partial charge < -0.3 is 5.11 Å². The molecule has 2 aromatic rings. The van der Waals surface area contributed by atoms with Crippen molar-refractivity contribution in [2.24, 2.45) is 0 Å². The van der Waals surface area contributed by atoms with Gasteiger partial charge in [0.15, 0.2) is 5.65 Å². The number of rotatable bonds is 2. The van der Waals surface area contributed by atoms with Crippen LogP contribution < -0.4 is 0 Å². The maximum Gasteiger partial charge on any atom is 0.155 e. The fourth-order valence-corrected chi connectivity index (χ4v) is 1.52. The fourth-order valence-electron chi connectivity index (χ4n) is 1.19. The van der Waals surface area contributed by atoms with Gasteiger partial charge in [0.05, 0.1) is 18.1 Å². The van der Waals surface area contributed by atoms with Crippen LogP contribution in [0.4, 0.5) is 0 Å². The molecule has 2 heterocycles. The largest absolute Gasteiger partial charge is 0.386 e. The Kier molecular flexibility index (Phi) is 2.28. The predicted octanol–water partition coefficient (Wildman–Crippen LogP) is 1.16. The smallest absolute Gasteiger partial charge is 0.155 e. The van der Waals surface area contributed by atoms with Crippen LogP contribution in [-0.4, -0.2) is 24.8 Å². The first-order valence-electron chi connectivity index (χ1n) is 3.84. The first-order chi connectivity index (χ1) is 6.33. The molecule has 0 saturated heterocycles. The fraction of sp³-hybridized carbons (Fsp3) is 0.250. The summed E-state index contributed by atoms with van der Waals surface area (Å²) in [6.45, 7) is 0. The molecule has 2 rings (SSSR count). The maximum atomic E-state index is 9.59. The Morgan fingerprint density at radius 1 is 1.54 bits per heavy atom. The summed E-state index contributed by atoms with van der Waals surface area (Å²) in [4.78, 5) is 8.04. The molecule has 0 bridgehead atoms. The van der Waals surface area contributed by atoms with Crippen molar-refractivity contribution >= 4 is 21.6 Å². The molecule has 13 heavy (non-hydrogen) atoms. The van der Waals surface area contributed by atoms with Gasteiger partial charge in [0.25, 0.3) is 0 Å². The number of hydrogen-bond acceptors (Lipinski definition) is 3. The third-order valence-electron chi connectivity index (χ3n) is 1.83. The highest BCUT2D eigenvalue weighted by Crippen LogP contribution is 2.15. The van der Waals surface area contributed by atoms with E-state index in [1.807, 2.05) is 4.40 Å². The number of aliphatic hydroxyl groups excluding tert-OH is 1. The first-order valence-corrected chi connectivity index (χ1v) is 4.96. The second-order valence-electron chi connectivity index (χ2n) is 2.66. The van der Waals surface area contributed by atoms with E-state index in [2.05, 4.69) is 25.9 Å². The van der Waals surface area contributed by atoms with E-state index in [0.29, 0.717) is 5.33 Å². The van der Waals surface area contributed by atoms with E-state index in [1.165, 1.54) is 0 Å². The monoisotopic (exact) mass is 241 g/mol. The summed E-state index contributed by atoms with van der Waals surface area (Å²) >= 11 is 3.22. The van der Waals surface area contributed by atoms with Crippen molar-refractivity contribution < 1.29 is 5.11 Å². The third-order valence-corrected chi connectivity index (χ3v) is 2.45. The highest BCUT2D eigenvalue weighted by Gasteiger charge is 2.10. The Balaban J connectivity index is 2.57. The molecule has 0 spiro atoms. The van der Waals surface area contributed by atoms with Crippen LogP contribution in [0.25, 0.3) is 5.65 Å². The topological polar surface area (TPSA) is 50.4 Å². The minimum atomic E-state index is -0.530. The van der Waals surface area contributed by atoms with Crippen molar-refractivity contribution in [1.29, 1.82) is 0 Å². The summed E-state index contributed by atoms with van der Waals surface area (Å²) in [7, 11) is 0. The average Bonchev–Trinajstić information content (AvgIpc) is 2.60. The maximum absolute atomic E-state index is 9.59. The van der Waals surface area contributed by atoms with Crippen molar-refractivity contribution in [1.82, 2.24) is 14.4 Å². The van der Waals surface area contributed by atoms with Crippen LogP contribution in [0.2, 0.25) is 0 Å². The standard InChI is InChI=1S/C8H8BrN3O/c9-3-7(13)6-4-11-8-5-10-1-2-12(6)8/h1-2,4-5,7,13H,3H2. The minimum Gasteiger partial charge on any atom is -0.386 e. The average molecular weight is 242 g/mol. The Morgan fingerprint density at radius 2 is 2.38 bits per heavy atom. The molecule has 1 atom stereocenters. The van der Waals surface area contributed by atoms with Crippen LogP contribution in [0.15, 0.2) is 24.8 Å². The zero-order valence-electron chi connectivity index (χ0n) is 6.76. The molecule has 0 amide bonds. The van der Waals surface area contributed by atoms with Gasteiger partial charge in [0.2, 0.25) is 0 Å². The zero-order valence-corrected chi connectivity index (χ0v) is 8.35. The molecule has 0 aliphatic heterocycles. The van der Waals surface area contributed by atoms with Gasteiger partial charge in [-0.2, -0.15) is 0 Å². The SMILES string of the molecule is OC(CBr)c1cnc2cnccn12. The second kappa shape index (κ2) is 3.43. The van der Waals surface area contributed by atoms with Crippen molar-refractivity contribution in [3.8, 4) is 0 Å². The number of fused-ring (bicyclic) bond motifs is 1. The lowest BCUT2D eigenvalue weighted by atomic mass is 10.3. The molecule has 4 nitrogen and oxygen atoms in total. The number of halogens is 1. The quantitative estimate of drug-likeness (QED) is 0.804. The summed E-state index contributed by atoms with van der Waals surface area (Å²) in [5.41, 5.74) is 1.52. The number of nitrogens with zero attached hydrogens (tertiary/aromatic N) is 3. The van der Waals surface area contributed by atoms with E-state index >= 15 is 0 Å². The molecular weight excluding hydrogens is 234 g/mol. The van der Waals surface area contributed by atoms with Crippen molar-refractivity contribution in [3.63, 3.8) is 0 Å². The van der Waals surface area contributed by atoms with Gasteiger partial charge >= 0.3 is 0 Å². The number of aliphatic hydroxyl groups is 1. The molecule has 5 heteroatoms. The van der Waals surface area contributed by atoms with Gasteiger partial charge in [-0.25, -0.2) is 4.98 Å². The van der Waals surface area contributed by atoms with Gasteiger partial charge in [0, 0.05) is 17.7 Å². The van der Waals surface area contributed by atoms with Crippen LogP contribution in [-0.2, 0) is 0 Å². The van der Waals surface area contributed by atoms with Gasteiger partial charge in [-0.05, 0) is 0 Å². The van der Waals surface area contributed by atoms with Crippen LogP contribution >= 0.6 is 15.9 Å². The van der Waals surface area contributed by atoms with Gasteiger partial charge in [-0.3, -0.25) is 9.38 Å². The highest BCUT2D eigenvalue weighted by atomic mass is 79.9. The predicted molar refractivity (Wildman–Crippen MR) is 51.7 cm³/mol. The Bertz CT molecular complexity index is 414. The summed E-state index contributed by atoms with van der Waals surface area (Å²) in [5, 5.41) is 10.1. The number of alkyl halides is 1. The molecule has 0 aromatic carbocycles. The molecule has 68 valence electrons. The Morgan fingerprint density at radius 3 is 3.15 bits per heavy atom. The van der Waals surface area contributed by atoms with E-state index in [-0.39, 0.29) is 0 Å². The molecular formula is C8H8BrN3O. The number of hydrogen-bond donors (Lipinski definition) is 1. The lowest BCUT2D eigenvalue weighted by Gasteiger charge is -2.05. The molecule has 0 radical (unpaired) electrons. The normalized spacial score (nSPS) is 13.4. The summed E-state index contributed by atoms with van der Waals surface area (Å²) < 4.78 is 1.82. The molecule has 1 N–H and O–H groups in total. The third kappa shape index (κ3) is 1.45. The molecule has 0 fully saturated rings. The minimum absolute atomic E-state index is 0.503. The van der Waals surface area contributed by atoms with Crippen molar-refractivity contribution in [3.05, 3.63) is 30.5 Å². The molecule has 1 unspecified atom stereocenters. The van der Waals surface area contributed by atoms with Crippen LogP contribution in [0.1, 0.15) is 11.8 Å². The number of aromatic nitrogens is 3. The molecule has 0 saturated carbocycles. The van der Waals surface area contributed by atoms with Crippen molar-refractivity contribution in [2.75, 3.05) is 5.33 Å². The van der Waals surface area contributed by atoms with Crippen LogP contribution in [0.3, 0.4) is 0 Å². The molecule has 0 aliphatic carbocycles. The Hall–Kier alpha value is -0.940. The van der Waals surface area contributed by atoms with Crippen LogP contribution in [0, 0.1) is 0 Å². The number of imidazole rings is 1. The first kappa shape index (κ1) is 8.65. The van der Waals surface area contributed by atoms with Gasteiger partial charge in [0.1, 0.15) is 6.10 Å². The lowest BCUT2D eigenvalue weighted by molar-refractivity contribution is 0.199. The van der Waals surface area contributed by atoms with Gasteiger partial charge in [-0.15, -0.1) is 0 Å². The second-order valence-corrected chi connectivity index (χ2v) is 3.31. The van der Waals surface area contributed by atoms with Crippen molar-refractivity contribution in [2.45, 2.75) is 6.10 Å².